The topological polar surface area (TPSA) is 100 Å². The number of hydrogen-bond donors (Lipinski definition) is 4. The molecule has 4 rings (SSSR count). The van der Waals surface area contributed by atoms with Gasteiger partial charge in [0.2, 0.25) is 5.91 Å². The number of imidazole rings is 1. The van der Waals surface area contributed by atoms with Gasteiger partial charge in [-0.25, -0.2) is 9.78 Å². The normalized spacial score (nSPS) is 12.9. The number of aromatic nitrogens is 2. The number of anilines is 1. The summed E-state index contributed by atoms with van der Waals surface area (Å²) in [6.45, 7) is 8.83. The van der Waals surface area contributed by atoms with Crippen LogP contribution >= 0.6 is 0 Å². The quantitative estimate of drug-likeness (QED) is 0.128. The van der Waals surface area contributed by atoms with Gasteiger partial charge in [0.15, 0.2) is 0 Å². The molecule has 0 fully saturated rings. The number of amides is 3. The van der Waals surface area contributed by atoms with E-state index in [2.05, 4.69) is 27.5 Å². The van der Waals surface area contributed by atoms with Crippen molar-refractivity contribution in [3.05, 3.63) is 103 Å². The highest BCUT2D eigenvalue weighted by atomic mass is 19.4. The number of rotatable bonds is 12. The number of alkyl halides is 3. The van der Waals surface area contributed by atoms with E-state index < -0.39 is 18.8 Å². The van der Waals surface area contributed by atoms with E-state index in [4.69, 9.17) is 0 Å². The van der Waals surface area contributed by atoms with E-state index in [1.807, 2.05) is 86.1 Å². The fraction of sp³-hybridized carbons (Fsp3) is 0.265. The molecule has 0 saturated heterocycles. The Morgan fingerprint density at radius 1 is 1.02 bits per heavy atom. The molecular formula is C34H37F3N6O2. The molecule has 4 aromatic rings. The molecule has 2 atom stereocenters. The zero-order valence-corrected chi connectivity index (χ0v) is 25.4. The highest BCUT2D eigenvalue weighted by Crippen LogP contribution is 2.28. The van der Waals surface area contributed by atoms with Crippen molar-refractivity contribution in [1.82, 2.24) is 25.5 Å². The van der Waals surface area contributed by atoms with Gasteiger partial charge in [-0.15, -0.1) is 6.58 Å². The highest BCUT2D eigenvalue weighted by Gasteiger charge is 2.27. The van der Waals surface area contributed by atoms with E-state index in [0.717, 1.165) is 39.7 Å². The summed E-state index contributed by atoms with van der Waals surface area (Å²) in [7, 11) is 0. The van der Waals surface area contributed by atoms with E-state index in [-0.39, 0.29) is 17.9 Å². The summed E-state index contributed by atoms with van der Waals surface area (Å²) >= 11 is 0. The first kappa shape index (κ1) is 32.8. The lowest BCUT2D eigenvalue weighted by Crippen LogP contribution is -2.40. The molecule has 45 heavy (non-hydrogen) atoms. The van der Waals surface area contributed by atoms with Gasteiger partial charge in [0.05, 0.1) is 17.0 Å². The van der Waals surface area contributed by atoms with Crippen LogP contribution in [0.2, 0.25) is 0 Å². The molecule has 0 radical (unpaired) electrons. The first-order valence-corrected chi connectivity index (χ1v) is 14.5. The number of fused-ring (bicyclic) bond motifs is 1. The predicted octanol–water partition coefficient (Wildman–Crippen LogP) is 7.05. The Hall–Kier alpha value is -5.06. The van der Waals surface area contributed by atoms with Crippen LogP contribution < -0.4 is 21.3 Å². The summed E-state index contributed by atoms with van der Waals surface area (Å²) in [5.74, 6) is -0.379. The van der Waals surface area contributed by atoms with Gasteiger partial charge in [-0.3, -0.25) is 9.36 Å². The molecule has 3 amide bonds. The average molecular weight is 619 g/mol. The molecule has 3 aromatic carbocycles. The SMILES string of the molecule is C=C(C)CC(CNC(=O)C(C)c1ccc(-c2ccc3c(c2)ncn3-c2cccc(NC(=O)NCC(F)(F)F)c2)cc1)N/C=C\C. The van der Waals surface area contributed by atoms with Crippen LogP contribution in [0.15, 0.2) is 97.5 Å². The molecule has 11 heteroatoms. The molecule has 2 unspecified atom stereocenters. The Morgan fingerprint density at radius 2 is 1.76 bits per heavy atom. The van der Waals surface area contributed by atoms with Crippen LogP contribution in [0.3, 0.4) is 0 Å². The summed E-state index contributed by atoms with van der Waals surface area (Å²) in [5, 5.41) is 10.6. The van der Waals surface area contributed by atoms with E-state index >= 15 is 0 Å². The van der Waals surface area contributed by atoms with Crippen molar-refractivity contribution < 1.29 is 22.8 Å². The lowest BCUT2D eigenvalue weighted by molar-refractivity contribution is -0.123. The maximum absolute atomic E-state index is 12.9. The molecular weight excluding hydrogens is 581 g/mol. The van der Waals surface area contributed by atoms with Gasteiger partial charge in [-0.1, -0.05) is 48.0 Å². The average Bonchev–Trinajstić information content (AvgIpc) is 3.44. The Morgan fingerprint density at radius 3 is 2.44 bits per heavy atom. The Bertz CT molecular complexity index is 1680. The van der Waals surface area contributed by atoms with Crippen molar-refractivity contribution in [2.45, 2.75) is 45.3 Å². The van der Waals surface area contributed by atoms with Crippen LogP contribution in [0.1, 0.15) is 38.7 Å². The summed E-state index contributed by atoms with van der Waals surface area (Å²) in [6.07, 6.45) is 1.69. The highest BCUT2D eigenvalue weighted by molar-refractivity contribution is 5.90. The van der Waals surface area contributed by atoms with Gasteiger partial charge in [0.25, 0.3) is 0 Å². The minimum absolute atomic E-state index is 0.0510. The van der Waals surface area contributed by atoms with Crippen molar-refractivity contribution in [2.75, 3.05) is 18.4 Å². The number of allylic oxidation sites excluding steroid dienone is 1. The molecule has 0 saturated carbocycles. The molecule has 0 aliphatic rings. The first-order chi connectivity index (χ1) is 21.4. The zero-order chi connectivity index (χ0) is 32.6. The molecule has 0 spiro atoms. The van der Waals surface area contributed by atoms with Crippen molar-refractivity contribution in [1.29, 1.82) is 0 Å². The maximum atomic E-state index is 12.9. The Labute approximate surface area is 260 Å². The molecule has 0 bridgehead atoms. The van der Waals surface area contributed by atoms with Crippen molar-refractivity contribution in [2.24, 2.45) is 0 Å². The minimum Gasteiger partial charge on any atom is -0.386 e. The van der Waals surface area contributed by atoms with E-state index in [9.17, 15) is 22.8 Å². The van der Waals surface area contributed by atoms with Gasteiger partial charge in [-0.05, 0) is 80.4 Å². The number of nitrogens with zero attached hydrogens (tertiary/aromatic N) is 2. The van der Waals surface area contributed by atoms with Gasteiger partial charge in [0, 0.05) is 24.0 Å². The van der Waals surface area contributed by atoms with Crippen molar-refractivity contribution >= 4 is 28.7 Å². The third kappa shape index (κ3) is 9.21. The second-order valence-electron chi connectivity index (χ2n) is 10.9. The largest absolute Gasteiger partial charge is 0.405 e. The number of urea groups is 1. The number of carbonyl (C=O) groups is 2. The molecule has 236 valence electrons. The number of hydrogen-bond acceptors (Lipinski definition) is 4. The van der Waals surface area contributed by atoms with Crippen LogP contribution in [0, 0.1) is 0 Å². The summed E-state index contributed by atoms with van der Waals surface area (Å²) in [5.41, 5.74) is 6.43. The fourth-order valence-electron chi connectivity index (χ4n) is 4.82. The monoisotopic (exact) mass is 618 g/mol. The van der Waals surface area contributed by atoms with Gasteiger partial charge < -0.3 is 21.3 Å². The molecule has 0 aliphatic heterocycles. The predicted molar refractivity (Wildman–Crippen MR) is 172 cm³/mol. The number of nitrogens with one attached hydrogen (secondary N) is 4. The number of carbonyl (C=O) groups excluding carboxylic acids is 2. The van der Waals surface area contributed by atoms with Crippen molar-refractivity contribution in [3.63, 3.8) is 0 Å². The molecule has 1 heterocycles. The standard InChI is InChI=1S/C34H37F3N6O2/c1-5-15-38-28(16-22(2)3)19-39-32(44)23(4)24-9-11-25(12-10-24)26-13-14-31-30(17-26)41-21-43(31)29-8-6-7-27(18-29)42-33(45)40-20-34(35,36)37/h5-15,17-18,21,23,28,38H,2,16,19-20H2,1,3-4H3,(H,39,44)(H2,40,42,45)/b15-5-. The molecule has 8 nitrogen and oxygen atoms in total. The van der Waals surface area contributed by atoms with Crippen LogP contribution in [-0.4, -0.2) is 46.8 Å². The smallest absolute Gasteiger partial charge is 0.386 e. The summed E-state index contributed by atoms with van der Waals surface area (Å²) in [6, 6.07) is 19.6. The van der Waals surface area contributed by atoms with Crippen LogP contribution in [0.25, 0.3) is 27.8 Å². The van der Waals surface area contributed by atoms with E-state index in [0.29, 0.717) is 17.9 Å². The Kier molecular flexibility index (Phi) is 10.7. The van der Waals surface area contributed by atoms with Crippen LogP contribution in [-0.2, 0) is 4.79 Å². The lowest BCUT2D eigenvalue weighted by atomic mass is 9.96. The second-order valence-corrected chi connectivity index (χ2v) is 10.9. The van der Waals surface area contributed by atoms with Crippen LogP contribution in [0.5, 0.6) is 0 Å². The van der Waals surface area contributed by atoms with Crippen LogP contribution in [0.4, 0.5) is 23.7 Å². The van der Waals surface area contributed by atoms with E-state index in [1.54, 1.807) is 29.8 Å². The first-order valence-electron chi connectivity index (χ1n) is 14.5. The minimum atomic E-state index is -4.50. The molecule has 4 N–H and O–H groups in total. The fourth-order valence-corrected chi connectivity index (χ4v) is 4.82. The zero-order valence-electron chi connectivity index (χ0n) is 25.4. The molecule has 1 aromatic heterocycles. The number of halogens is 3. The van der Waals surface area contributed by atoms with Crippen molar-refractivity contribution in [3.8, 4) is 16.8 Å². The lowest BCUT2D eigenvalue weighted by Gasteiger charge is -2.20. The number of benzene rings is 3. The maximum Gasteiger partial charge on any atom is 0.405 e. The van der Waals surface area contributed by atoms with Gasteiger partial charge in [0.1, 0.15) is 12.9 Å². The molecule has 0 aliphatic carbocycles. The van der Waals surface area contributed by atoms with E-state index in [1.165, 1.54) is 0 Å². The van der Waals surface area contributed by atoms with Gasteiger partial charge in [-0.2, -0.15) is 13.2 Å². The second kappa shape index (κ2) is 14.6. The third-order valence-electron chi connectivity index (χ3n) is 7.13. The third-order valence-corrected chi connectivity index (χ3v) is 7.13. The Balaban J connectivity index is 1.42. The van der Waals surface area contributed by atoms with Gasteiger partial charge >= 0.3 is 12.2 Å². The summed E-state index contributed by atoms with van der Waals surface area (Å²) < 4.78 is 39.0. The summed E-state index contributed by atoms with van der Waals surface area (Å²) in [4.78, 5) is 29.3.